The van der Waals surface area contributed by atoms with E-state index in [4.69, 9.17) is 10.5 Å². The Labute approximate surface area is 146 Å². The van der Waals surface area contributed by atoms with E-state index in [1.54, 1.807) is 24.3 Å². The largest absolute Gasteiger partial charge is 0.495 e. The molecule has 6 heteroatoms. The van der Waals surface area contributed by atoms with Gasteiger partial charge in [-0.2, -0.15) is 0 Å². The van der Waals surface area contributed by atoms with E-state index in [0.29, 0.717) is 30.0 Å². The first kappa shape index (κ1) is 18.1. The first-order chi connectivity index (χ1) is 11.0. The monoisotopic (exact) mass is 350 g/mol. The first-order valence-electron chi connectivity index (χ1n) is 7.56. The maximum atomic E-state index is 13.5. The zero-order chi connectivity index (χ0) is 16.4. The molecule has 0 radical (unpaired) electrons. The van der Waals surface area contributed by atoms with Crippen molar-refractivity contribution in [2.75, 3.05) is 18.2 Å². The van der Waals surface area contributed by atoms with Gasteiger partial charge in [0.25, 0.3) is 0 Å². The number of nitrogens with two attached hydrogens (primary N) is 1. The molecule has 0 atom stereocenters. The molecule has 0 heterocycles. The summed E-state index contributed by atoms with van der Waals surface area (Å²) in [5.74, 6) is 0.112. The van der Waals surface area contributed by atoms with E-state index in [9.17, 15) is 9.18 Å². The van der Waals surface area contributed by atoms with Gasteiger partial charge in [-0.1, -0.05) is 18.6 Å². The number of nitrogen functional groups attached to an aromatic ring is 1. The Morgan fingerprint density at radius 3 is 2.54 bits per heavy atom. The highest BCUT2D eigenvalue weighted by Crippen LogP contribution is 2.45. The van der Waals surface area contributed by atoms with E-state index in [-0.39, 0.29) is 24.1 Å². The van der Waals surface area contributed by atoms with E-state index in [1.807, 2.05) is 6.07 Å². The number of carbonyl (C=O) groups is 1. The van der Waals surface area contributed by atoms with Crippen molar-refractivity contribution in [2.45, 2.75) is 24.7 Å². The summed E-state index contributed by atoms with van der Waals surface area (Å²) in [6.07, 6.45) is 2.39. The molecule has 0 bridgehead atoms. The molecule has 3 N–H and O–H groups in total. The van der Waals surface area contributed by atoms with Crippen LogP contribution in [-0.4, -0.2) is 13.0 Å². The number of rotatable bonds is 4. The number of halogens is 2. The van der Waals surface area contributed by atoms with Crippen molar-refractivity contribution in [3.8, 4) is 5.75 Å². The molecule has 128 valence electrons. The van der Waals surface area contributed by atoms with Crippen LogP contribution in [0.15, 0.2) is 42.5 Å². The number of ether oxygens (including phenoxy) is 1. The number of anilines is 2. The van der Waals surface area contributed by atoms with Gasteiger partial charge in [-0.15, -0.1) is 12.4 Å². The molecule has 0 spiro atoms. The topological polar surface area (TPSA) is 64.3 Å². The molecule has 0 aromatic heterocycles. The van der Waals surface area contributed by atoms with Gasteiger partial charge >= 0.3 is 0 Å². The summed E-state index contributed by atoms with van der Waals surface area (Å²) in [7, 11) is 1.54. The second-order valence-electron chi connectivity index (χ2n) is 5.86. The van der Waals surface area contributed by atoms with Gasteiger partial charge < -0.3 is 15.8 Å². The van der Waals surface area contributed by atoms with Crippen molar-refractivity contribution in [3.63, 3.8) is 0 Å². The summed E-state index contributed by atoms with van der Waals surface area (Å²) in [5, 5.41) is 2.90. The molecule has 24 heavy (non-hydrogen) atoms. The molecule has 2 aromatic carbocycles. The molecule has 1 fully saturated rings. The SMILES string of the molecule is COc1ccc(NC(=O)C2(c3cccc(F)c3)CCC2)cc1N.Cl. The zero-order valence-corrected chi connectivity index (χ0v) is 14.2. The summed E-state index contributed by atoms with van der Waals surface area (Å²) in [4.78, 5) is 12.8. The van der Waals surface area contributed by atoms with E-state index in [0.717, 1.165) is 12.0 Å². The zero-order valence-electron chi connectivity index (χ0n) is 13.3. The van der Waals surface area contributed by atoms with Gasteiger partial charge in [0.15, 0.2) is 0 Å². The van der Waals surface area contributed by atoms with E-state index >= 15 is 0 Å². The number of benzene rings is 2. The third kappa shape index (κ3) is 3.17. The number of amides is 1. The second-order valence-corrected chi connectivity index (χ2v) is 5.86. The lowest BCUT2D eigenvalue weighted by Crippen LogP contribution is -2.46. The molecule has 2 aromatic rings. The molecule has 1 saturated carbocycles. The normalized spacial score (nSPS) is 14.9. The predicted octanol–water partition coefficient (Wildman–Crippen LogP) is 3.90. The van der Waals surface area contributed by atoms with Crippen LogP contribution in [0.25, 0.3) is 0 Å². The molecule has 0 unspecified atom stereocenters. The minimum absolute atomic E-state index is 0. The van der Waals surface area contributed by atoms with Crippen LogP contribution in [0, 0.1) is 5.82 Å². The molecular weight excluding hydrogens is 331 g/mol. The van der Waals surface area contributed by atoms with Crippen molar-refractivity contribution in [2.24, 2.45) is 0 Å². The van der Waals surface area contributed by atoms with Crippen molar-refractivity contribution >= 4 is 29.7 Å². The van der Waals surface area contributed by atoms with Crippen LogP contribution >= 0.6 is 12.4 Å². The number of hydrogen-bond acceptors (Lipinski definition) is 3. The molecular formula is C18H20ClFN2O2. The average Bonchev–Trinajstić information content (AvgIpc) is 2.46. The van der Waals surface area contributed by atoms with Gasteiger partial charge in [-0.05, 0) is 48.7 Å². The van der Waals surface area contributed by atoms with Crippen molar-refractivity contribution < 1.29 is 13.9 Å². The molecule has 0 aliphatic heterocycles. The van der Waals surface area contributed by atoms with Crippen molar-refractivity contribution in [3.05, 3.63) is 53.8 Å². The van der Waals surface area contributed by atoms with Gasteiger partial charge in [0, 0.05) is 5.69 Å². The summed E-state index contributed by atoms with van der Waals surface area (Å²) in [5.41, 5.74) is 7.00. The van der Waals surface area contributed by atoms with Crippen LogP contribution in [0.4, 0.5) is 15.8 Å². The third-order valence-electron chi connectivity index (χ3n) is 4.51. The van der Waals surface area contributed by atoms with Gasteiger partial charge in [0.05, 0.1) is 18.2 Å². The maximum absolute atomic E-state index is 13.5. The summed E-state index contributed by atoms with van der Waals surface area (Å²) >= 11 is 0. The summed E-state index contributed by atoms with van der Waals surface area (Å²) in [6, 6.07) is 11.4. The first-order valence-corrected chi connectivity index (χ1v) is 7.56. The van der Waals surface area contributed by atoms with Crippen LogP contribution in [0.5, 0.6) is 5.75 Å². The smallest absolute Gasteiger partial charge is 0.235 e. The fraction of sp³-hybridized carbons (Fsp3) is 0.278. The molecule has 4 nitrogen and oxygen atoms in total. The standard InChI is InChI=1S/C18H19FN2O2.ClH/c1-23-16-7-6-14(11-15(16)20)21-17(22)18(8-3-9-18)12-4-2-5-13(19)10-12;/h2,4-7,10-11H,3,8-9,20H2,1H3,(H,21,22);1H. The van der Waals surface area contributed by atoms with Crippen molar-refractivity contribution in [1.29, 1.82) is 0 Å². The molecule has 3 rings (SSSR count). The second kappa shape index (κ2) is 7.09. The fourth-order valence-corrected chi connectivity index (χ4v) is 3.03. The average molecular weight is 351 g/mol. The molecule has 0 saturated heterocycles. The van der Waals surface area contributed by atoms with Gasteiger partial charge in [0.2, 0.25) is 5.91 Å². The minimum Gasteiger partial charge on any atom is -0.495 e. The minimum atomic E-state index is -0.656. The lowest BCUT2D eigenvalue weighted by atomic mass is 9.63. The molecule has 1 aliphatic carbocycles. The highest BCUT2D eigenvalue weighted by atomic mass is 35.5. The highest BCUT2D eigenvalue weighted by Gasteiger charge is 2.45. The molecule has 1 amide bonds. The Bertz CT molecular complexity index is 748. The lowest BCUT2D eigenvalue weighted by Gasteiger charge is -2.40. The molecule has 1 aliphatic rings. The Morgan fingerprint density at radius 2 is 2.00 bits per heavy atom. The van der Waals surface area contributed by atoms with E-state index in [1.165, 1.54) is 19.2 Å². The fourth-order valence-electron chi connectivity index (χ4n) is 3.03. The van der Waals surface area contributed by atoms with Gasteiger partial charge in [-0.3, -0.25) is 4.79 Å². The van der Waals surface area contributed by atoms with Gasteiger partial charge in [0.1, 0.15) is 11.6 Å². The van der Waals surface area contributed by atoms with Gasteiger partial charge in [-0.25, -0.2) is 4.39 Å². The van der Waals surface area contributed by atoms with Crippen LogP contribution in [0.3, 0.4) is 0 Å². The predicted molar refractivity (Wildman–Crippen MR) is 95.2 cm³/mol. The van der Waals surface area contributed by atoms with Crippen LogP contribution in [-0.2, 0) is 10.2 Å². The lowest BCUT2D eigenvalue weighted by molar-refractivity contribution is -0.124. The van der Waals surface area contributed by atoms with Crippen LogP contribution in [0.1, 0.15) is 24.8 Å². The number of methoxy groups -OCH3 is 1. The van der Waals surface area contributed by atoms with Crippen LogP contribution in [0.2, 0.25) is 0 Å². The van der Waals surface area contributed by atoms with Crippen molar-refractivity contribution in [1.82, 2.24) is 0 Å². The summed E-state index contributed by atoms with van der Waals surface area (Å²) in [6.45, 7) is 0. The maximum Gasteiger partial charge on any atom is 0.235 e. The number of nitrogens with one attached hydrogen (secondary N) is 1. The Kier molecular flexibility index (Phi) is 5.34. The van der Waals surface area contributed by atoms with E-state index < -0.39 is 5.41 Å². The Balaban J connectivity index is 0.00000208. The summed E-state index contributed by atoms with van der Waals surface area (Å²) < 4.78 is 18.6. The number of carbonyl (C=O) groups excluding carboxylic acids is 1. The Hall–Kier alpha value is -2.27. The highest BCUT2D eigenvalue weighted by molar-refractivity contribution is 6.00. The van der Waals surface area contributed by atoms with Crippen LogP contribution < -0.4 is 15.8 Å². The van der Waals surface area contributed by atoms with E-state index in [2.05, 4.69) is 5.32 Å². The quantitative estimate of drug-likeness (QED) is 0.822. The Morgan fingerprint density at radius 1 is 1.25 bits per heavy atom. The third-order valence-corrected chi connectivity index (χ3v) is 4.51. The number of hydrogen-bond donors (Lipinski definition) is 2.